The monoisotopic (exact) mass is 658 g/mol. The Bertz CT molecular complexity index is 898. The summed E-state index contributed by atoms with van der Waals surface area (Å²) >= 11 is 10.1. The van der Waals surface area contributed by atoms with Crippen molar-refractivity contribution in [2.45, 2.75) is 58.4 Å². The van der Waals surface area contributed by atoms with E-state index in [0.717, 1.165) is 25.2 Å². The Morgan fingerprint density at radius 2 is 1.27 bits per heavy atom. The molecular weight excluding hydrogens is 640 g/mol. The van der Waals surface area contributed by atoms with Gasteiger partial charge in [0.15, 0.2) is 18.0 Å². The summed E-state index contributed by atoms with van der Waals surface area (Å²) in [5.74, 6) is -2.48. The molecule has 0 aromatic heterocycles. The number of hydrogen-bond donors (Lipinski definition) is 0. The molecule has 0 spiro atoms. The number of hydrogen-bond acceptors (Lipinski definition) is 10. The Morgan fingerprint density at radius 1 is 0.788 bits per heavy atom. The Labute approximate surface area is 214 Å². The molecule has 1 aromatic rings. The van der Waals surface area contributed by atoms with E-state index in [9.17, 15) is 19.2 Å². The van der Waals surface area contributed by atoms with Crippen LogP contribution in [0.15, 0.2) is 25.6 Å². The highest BCUT2D eigenvalue weighted by atomic mass is 79.9. The fraction of sp³-hybridized carbons (Fsp3) is 0.500. The lowest BCUT2D eigenvalue weighted by Gasteiger charge is -2.44. The molecule has 10 nitrogen and oxygen atoms in total. The van der Waals surface area contributed by atoms with E-state index >= 15 is 0 Å². The molecule has 0 bridgehead atoms. The van der Waals surface area contributed by atoms with Gasteiger partial charge in [-0.1, -0.05) is 15.9 Å². The maximum absolute atomic E-state index is 11.9. The molecule has 1 heterocycles. The van der Waals surface area contributed by atoms with Gasteiger partial charge in [0.05, 0.1) is 8.95 Å². The molecule has 1 aromatic carbocycles. The number of ether oxygens (including phenoxy) is 6. The second kappa shape index (κ2) is 12.1. The minimum atomic E-state index is -1.33. The second-order valence-electron chi connectivity index (χ2n) is 6.88. The highest BCUT2D eigenvalue weighted by Gasteiger charge is 2.53. The predicted molar refractivity (Wildman–Crippen MR) is 122 cm³/mol. The molecule has 2 rings (SSSR count). The average molecular weight is 661 g/mol. The summed E-state index contributed by atoms with van der Waals surface area (Å²) in [6.07, 6.45) is -6.34. The molecule has 1 aliphatic rings. The molecule has 0 N–H and O–H groups in total. The van der Waals surface area contributed by atoms with Crippen LogP contribution in [0.2, 0.25) is 0 Å². The van der Waals surface area contributed by atoms with Crippen LogP contribution >= 0.6 is 47.8 Å². The van der Waals surface area contributed by atoms with Crippen molar-refractivity contribution in [3.05, 3.63) is 25.6 Å². The SMILES string of the molecule is CC(=O)OC[C@H]1O[C@@H](Oc2c(Br)cc(Br)cc2Br)[C@H](OC(C)=O)[C@@H](OC(C)=O)[C@@H]1OC(C)=O. The van der Waals surface area contributed by atoms with E-state index in [4.69, 9.17) is 28.4 Å². The highest BCUT2D eigenvalue weighted by Crippen LogP contribution is 2.39. The van der Waals surface area contributed by atoms with Gasteiger partial charge in [-0.15, -0.1) is 0 Å². The molecule has 0 saturated carbocycles. The van der Waals surface area contributed by atoms with Gasteiger partial charge in [-0.2, -0.15) is 0 Å². The molecule has 0 aliphatic carbocycles. The minimum Gasteiger partial charge on any atom is -0.463 e. The number of benzene rings is 1. The van der Waals surface area contributed by atoms with E-state index in [1.807, 2.05) is 0 Å². The van der Waals surface area contributed by atoms with Crippen LogP contribution < -0.4 is 4.74 Å². The molecule has 1 saturated heterocycles. The first-order valence-corrected chi connectivity index (χ1v) is 11.9. The first-order valence-electron chi connectivity index (χ1n) is 9.50. The number of carbonyl (C=O) groups excluding carboxylic acids is 4. The zero-order valence-corrected chi connectivity index (χ0v) is 22.7. The molecule has 13 heteroatoms. The van der Waals surface area contributed by atoms with Crippen molar-refractivity contribution < 1.29 is 47.6 Å². The van der Waals surface area contributed by atoms with Crippen LogP contribution in [-0.4, -0.2) is 61.2 Å². The fourth-order valence-electron chi connectivity index (χ4n) is 3.04. The summed E-state index contributed by atoms with van der Waals surface area (Å²) in [5, 5.41) is 0. The Balaban J connectivity index is 2.52. The van der Waals surface area contributed by atoms with Gasteiger partial charge in [0.2, 0.25) is 12.4 Å². The van der Waals surface area contributed by atoms with Crippen LogP contribution in [0.3, 0.4) is 0 Å². The van der Waals surface area contributed by atoms with Gasteiger partial charge in [-0.3, -0.25) is 19.2 Å². The van der Waals surface area contributed by atoms with Crippen molar-refractivity contribution >= 4 is 71.7 Å². The summed E-state index contributed by atoms with van der Waals surface area (Å²) in [5.41, 5.74) is 0. The van der Waals surface area contributed by atoms with Crippen LogP contribution in [0.5, 0.6) is 5.75 Å². The molecule has 0 amide bonds. The molecule has 0 unspecified atom stereocenters. The smallest absolute Gasteiger partial charge is 0.303 e. The molecule has 33 heavy (non-hydrogen) atoms. The third-order valence-corrected chi connectivity index (χ3v) is 5.78. The van der Waals surface area contributed by atoms with Crippen molar-refractivity contribution in [1.82, 2.24) is 0 Å². The van der Waals surface area contributed by atoms with Crippen LogP contribution in [0.4, 0.5) is 0 Å². The number of esters is 4. The van der Waals surface area contributed by atoms with Crippen LogP contribution in [0.1, 0.15) is 27.7 Å². The zero-order valence-electron chi connectivity index (χ0n) is 18.0. The lowest BCUT2D eigenvalue weighted by atomic mass is 9.98. The fourth-order valence-corrected chi connectivity index (χ4v) is 5.49. The zero-order chi connectivity index (χ0) is 24.9. The van der Waals surface area contributed by atoms with Crippen LogP contribution in [0, 0.1) is 0 Å². The largest absolute Gasteiger partial charge is 0.463 e. The van der Waals surface area contributed by atoms with Crippen LogP contribution in [-0.2, 0) is 42.9 Å². The van der Waals surface area contributed by atoms with E-state index in [1.54, 1.807) is 12.1 Å². The van der Waals surface area contributed by atoms with E-state index in [1.165, 1.54) is 6.92 Å². The van der Waals surface area contributed by atoms with Gasteiger partial charge in [0, 0.05) is 32.2 Å². The quantitative estimate of drug-likeness (QED) is 0.317. The molecule has 0 radical (unpaired) electrons. The summed E-state index contributed by atoms with van der Waals surface area (Å²) in [4.78, 5) is 46.9. The van der Waals surface area contributed by atoms with Crippen molar-refractivity contribution in [1.29, 1.82) is 0 Å². The second-order valence-corrected chi connectivity index (χ2v) is 9.51. The molecule has 1 fully saturated rings. The van der Waals surface area contributed by atoms with Crippen molar-refractivity contribution in [3.8, 4) is 5.75 Å². The number of halogens is 3. The van der Waals surface area contributed by atoms with E-state index in [2.05, 4.69) is 47.8 Å². The minimum absolute atomic E-state index is 0.291. The number of rotatable bonds is 7. The van der Waals surface area contributed by atoms with Crippen LogP contribution in [0.25, 0.3) is 0 Å². The maximum atomic E-state index is 11.9. The first kappa shape index (κ1) is 27.5. The van der Waals surface area contributed by atoms with Gasteiger partial charge >= 0.3 is 23.9 Å². The number of carbonyl (C=O) groups is 4. The third-order valence-electron chi connectivity index (χ3n) is 4.15. The maximum Gasteiger partial charge on any atom is 0.303 e. The Kier molecular flexibility index (Phi) is 10.1. The predicted octanol–water partition coefficient (Wildman–Crippen LogP) is 3.44. The van der Waals surface area contributed by atoms with Crippen molar-refractivity contribution in [2.75, 3.05) is 6.61 Å². The Morgan fingerprint density at radius 3 is 1.76 bits per heavy atom. The highest BCUT2D eigenvalue weighted by molar-refractivity contribution is 9.11. The third kappa shape index (κ3) is 7.94. The summed E-state index contributed by atoms with van der Waals surface area (Å²) in [6.45, 7) is 4.29. The van der Waals surface area contributed by atoms with Gasteiger partial charge in [-0.05, 0) is 44.0 Å². The van der Waals surface area contributed by atoms with E-state index < -0.39 is 54.6 Å². The summed E-state index contributed by atoms with van der Waals surface area (Å²) in [7, 11) is 0. The standard InChI is InChI=1S/C20H21Br3O10/c1-8(24)28-7-15-17(29-9(2)25)18(30-10(3)26)19(31-11(4)27)20(32-15)33-16-13(22)5-12(21)6-14(16)23/h5-6,15,17-20H,7H2,1-4H3/t15-,17-,18+,19-,20+/m1/s1. The normalized spacial score (nSPS) is 24.4. The molecule has 5 atom stereocenters. The lowest BCUT2D eigenvalue weighted by Crippen LogP contribution is -2.63. The Hall–Kier alpha value is -1.70. The topological polar surface area (TPSA) is 124 Å². The van der Waals surface area contributed by atoms with Gasteiger partial charge in [0.1, 0.15) is 12.7 Å². The van der Waals surface area contributed by atoms with Gasteiger partial charge < -0.3 is 28.4 Å². The average Bonchev–Trinajstić information content (AvgIpc) is 2.66. The van der Waals surface area contributed by atoms with Gasteiger partial charge in [0.25, 0.3) is 0 Å². The first-order chi connectivity index (χ1) is 15.4. The lowest BCUT2D eigenvalue weighted by molar-refractivity contribution is -0.288. The summed E-state index contributed by atoms with van der Waals surface area (Å²) < 4.78 is 34.8. The molecular formula is C20H21Br3O10. The van der Waals surface area contributed by atoms with E-state index in [-0.39, 0.29) is 6.61 Å². The summed E-state index contributed by atoms with van der Waals surface area (Å²) in [6, 6.07) is 3.43. The van der Waals surface area contributed by atoms with Crippen molar-refractivity contribution in [2.24, 2.45) is 0 Å². The van der Waals surface area contributed by atoms with E-state index in [0.29, 0.717) is 14.7 Å². The molecule has 182 valence electrons. The van der Waals surface area contributed by atoms with Crippen molar-refractivity contribution in [3.63, 3.8) is 0 Å². The molecule has 1 aliphatic heterocycles. The van der Waals surface area contributed by atoms with Gasteiger partial charge in [-0.25, -0.2) is 0 Å².